The number of nitrogens with zero attached hydrogens (tertiary/aromatic N) is 3. The second-order valence-corrected chi connectivity index (χ2v) is 8.97. The van der Waals surface area contributed by atoms with Gasteiger partial charge in [0.05, 0.1) is 4.92 Å². The number of carbonyl (C=O) groups excluding carboxylic acids is 1. The van der Waals surface area contributed by atoms with Gasteiger partial charge in [0.1, 0.15) is 4.90 Å². The number of carbonyl (C=O) groups is 1. The van der Waals surface area contributed by atoms with Crippen molar-refractivity contribution in [1.29, 1.82) is 0 Å². The Bertz CT molecular complexity index is 1170. The summed E-state index contributed by atoms with van der Waals surface area (Å²) in [6.07, 6.45) is 1.06. The van der Waals surface area contributed by atoms with E-state index in [9.17, 15) is 23.3 Å². The van der Waals surface area contributed by atoms with Crippen LogP contribution in [0.3, 0.4) is 0 Å². The number of nitrogens with one attached hydrogen (secondary N) is 1. The molecule has 1 amide bonds. The maximum Gasteiger partial charge on any atom is 0.285 e. The maximum atomic E-state index is 12.6. The number of hydrogen-bond acceptors (Lipinski definition) is 6. The summed E-state index contributed by atoms with van der Waals surface area (Å²) in [5.74, 6) is -0.0386. The van der Waals surface area contributed by atoms with Gasteiger partial charge < -0.3 is 10.2 Å². The van der Waals surface area contributed by atoms with Gasteiger partial charge in [0.25, 0.3) is 15.7 Å². The molecule has 2 aromatic rings. The first-order valence-electron chi connectivity index (χ1n) is 9.51. The van der Waals surface area contributed by atoms with E-state index >= 15 is 0 Å². The monoisotopic (exact) mass is 428 g/mol. The van der Waals surface area contributed by atoms with Crippen molar-refractivity contribution in [2.45, 2.75) is 24.7 Å². The lowest BCUT2D eigenvalue weighted by Crippen LogP contribution is -2.41. The molecule has 2 aliphatic rings. The summed E-state index contributed by atoms with van der Waals surface area (Å²) in [5.41, 5.74) is 1.47. The third kappa shape index (κ3) is 3.65. The number of likely N-dealkylation sites (tertiary alicyclic amines) is 1. The van der Waals surface area contributed by atoms with E-state index < -0.39 is 14.9 Å². The minimum absolute atomic E-state index is 0.0401. The average Bonchev–Trinajstić information content (AvgIpc) is 3.00. The van der Waals surface area contributed by atoms with Gasteiger partial charge >= 0.3 is 0 Å². The van der Waals surface area contributed by atoms with Crippen molar-refractivity contribution < 1.29 is 18.1 Å². The highest BCUT2D eigenvalue weighted by molar-refractivity contribution is 7.90. The molecule has 10 heteroatoms. The molecule has 30 heavy (non-hydrogen) atoms. The van der Waals surface area contributed by atoms with E-state index in [1.165, 1.54) is 6.07 Å². The Hall–Kier alpha value is -3.27. The zero-order chi connectivity index (χ0) is 21.5. The van der Waals surface area contributed by atoms with Crippen LogP contribution < -0.4 is 5.32 Å². The first-order valence-corrected chi connectivity index (χ1v) is 11.0. The first-order chi connectivity index (χ1) is 14.3. The van der Waals surface area contributed by atoms with Gasteiger partial charge in [0, 0.05) is 41.9 Å². The van der Waals surface area contributed by atoms with Crippen LogP contribution in [0.5, 0.6) is 0 Å². The topological polar surface area (TPSA) is 122 Å². The highest BCUT2D eigenvalue weighted by Gasteiger charge is 2.34. The van der Waals surface area contributed by atoms with Crippen molar-refractivity contribution in [2.24, 2.45) is 10.3 Å². The molecule has 4 rings (SSSR count). The van der Waals surface area contributed by atoms with Crippen LogP contribution in [0.4, 0.5) is 11.4 Å². The number of fused-ring (bicyclic) bond motifs is 1. The maximum absolute atomic E-state index is 12.6. The summed E-state index contributed by atoms with van der Waals surface area (Å²) < 4.78 is 28.4. The van der Waals surface area contributed by atoms with E-state index in [0.717, 1.165) is 0 Å². The summed E-state index contributed by atoms with van der Waals surface area (Å²) in [5, 5.41) is 13.8. The van der Waals surface area contributed by atoms with E-state index in [1.54, 1.807) is 43.3 Å². The largest absolute Gasteiger partial charge is 0.355 e. The average molecular weight is 428 g/mol. The molecule has 2 heterocycles. The minimum atomic E-state index is -3.68. The fourth-order valence-corrected chi connectivity index (χ4v) is 5.03. The number of piperidine rings is 1. The number of amidine groups is 1. The van der Waals surface area contributed by atoms with Gasteiger partial charge in [0.15, 0.2) is 5.84 Å². The molecule has 0 radical (unpaired) electrons. The zero-order valence-electron chi connectivity index (χ0n) is 16.2. The zero-order valence-corrected chi connectivity index (χ0v) is 17.1. The predicted octanol–water partition coefficient (Wildman–Crippen LogP) is 2.70. The highest BCUT2D eigenvalue weighted by atomic mass is 32.2. The van der Waals surface area contributed by atoms with Crippen molar-refractivity contribution in [3.8, 4) is 0 Å². The highest BCUT2D eigenvalue weighted by Crippen LogP contribution is 2.30. The van der Waals surface area contributed by atoms with E-state index in [1.807, 2.05) is 4.90 Å². The van der Waals surface area contributed by atoms with Crippen LogP contribution in [-0.2, 0) is 14.8 Å². The van der Waals surface area contributed by atoms with Crippen molar-refractivity contribution >= 4 is 33.1 Å². The molecule has 1 saturated heterocycles. The Kier molecular flexibility index (Phi) is 5.02. The lowest BCUT2D eigenvalue weighted by atomic mass is 9.95. The van der Waals surface area contributed by atoms with E-state index in [4.69, 9.17) is 0 Å². The third-order valence-electron chi connectivity index (χ3n) is 5.45. The molecule has 0 atom stereocenters. The van der Waals surface area contributed by atoms with Gasteiger partial charge in [-0.15, -0.1) is 4.40 Å². The smallest absolute Gasteiger partial charge is 0.285 e. The van der Waals surface area contributed by atoms with Crippen LogP contribution in [-0.4, -0.2) is 43.1 Å². The summed E-state index contributed by atoms with van der Waals surface area (Å²) in [4.78, 5) is 25.4. The Morgan fingerprint density at radius 3 is 2.60 bits per heavy atom. The summed E-state index contributed by atoms with van der Waals surface area (Å²) in [6.45, 7) is 2.63. The fraction of sp³-hybridized carbons (Fsp3) is 0.300. The molecule has 2 aliphatic heterocycles. The summed E-state index contributed by atoms with van der Waals surface area (Å²) in [7, 11) is -3.68. The van der Waals surface area contributed by atoms with Crippen molar-refractivity contribution in [1.82, 2.24) is 4.90 Å². The molecule has 0 bridgehead atoms. The second kappa shape index (κ2) is 7.52. The molecule has 0 aromatic heterocycles. The Morgan fingerprint density at radius 2 is 1.90 bits per heavy atom. The number of amides is 1. The van der Waals surface area contributed by atoms with Crippen LogP contribution in [0.2, 0.25) is 0 Å². The second-order valence-electron chi connectivity index (χ2n) is 7.40. The molecule has 0 saturated carbocycles. The standard InChI is InChI=1S/C20H20N4O5S/c1-13-6-7-15(12-17(13)24(26)27)21-20(25)14-8-10-23(11-9-14)19-16-4-2-3-5-18(16)30(28,29)22-19/h2-7,12,14H,8-11H2,1H3,(H,21,25). The van der Waals surface area contributed by atoms with Gasteiger partial charge in [-0.3, -0.25) is 14.9 Å². The van der Waals surface area contributed by atoms with Gasteiger partial charge in [0.2, 0.25) is 5.91 Å². The molecule has 0 spiro atoms. The van der Waals surface area contributed by atoms with Crippen molar-refractivity contribution in [2.75, 3.05) is 18.4 Å². The van der Waals surface area contributed by atoms with Crippen LogP contribution in [0, 0.1) is 23.0 Å². The van der Waals surface area contributed by atoms with Crippen molar-refractivity contribution in [3.63, 3.8) is 0 Å². The molecule has 156 valence electrons. The summed E-state index contributed by atoms with van der Waals surface area (Å²) >= 11 is 0. The van der Waals surface area contributed by atoms with Gasteiger partial charge in [-0.2, -0.15) is 8.42 Å². The lowest BCUT2D eigenvalue weighted by Gasteiger charge is -2.32. The fourth-order valence-electron chi connectivity index (χ4n) is 3.80. The summed E-state index contributed by atoms with van der Waals surface area (Å²) in [6, 6.07) is 11.3. The first kappa shape index (κ1) is 20.0. The number of nitro groups is 1. The molecule has 9 nitrogen and oxygen atoms in total. The van der Waals surface area contributed by atoms with E-state index in [2.05, 4.69) is 9.71 Å². The lowest BCUT2D eigenvalue weighted by molar-refractivity contribution is -0.385. The van der Waals surface area contributed by atoms with E-state index in [-0.39, 0.29) is 22.4 Å². The van der Waals surface area contributed by atoms with Crippen LogP contribution >= 0.6 is 0 Å². The molecular weight excluding hydrogens is 408 g/mol. The molecule has 0 unspecified atom stereocenters. The SMILES string of the molecule is Cc1ccc(NC(=O)C2CCN(C3=NS(=O)(=O)c4ccccc43)CC2)cc1[N+](=O)[O-]. The number of benzene rings is 2. The minimum Gasteiger partial charge on any atom is -0.355 e. The predicted molar refractivity (Wildman–Crippen MR) is 111 cm³/mol. The van der Waals surface area contributed by atoms with Gasteiger partial charge in [-0.1, -0.05) is 18.2 Å². The number of nitro benzene ring substituents is 1. The molecule has 1 fully saturated rings. The van der Waals surface area contributed by atoms with Gasteiger partial charge in [-0.25, -0.2) is 0 Å². The van der Waals surface area contributed by atoms with Crippen LogP contribution in [0.15, 0.2) is 51.8 Å². The van der Waals surface area contributed by atoms with Gasteiger partial charge in [-0.05, 0) is 38.0 Å². The van der Waals surface area contributed by atoms with E-state index in [0.29, 0.717) is 48.6 Å². The Labute approximate surface area is 173 Å². The van der Waals surface area contributed by atoms with Crippen LogP contribution in [0.25, 0.3) is 0 Å². The normalized spacial score (nSPS) is 17.9. The molecule has 1 N–H and O–H groups in total. The number of rotatable bonds is 3. The molecule has 2 aromatic carbocycles. The van der Waals surface area contributed by atoms with Crippen molar-refractivity contribution in [3.05, 3.63) is 63.7 Å². The number of anilines is 1. The Morgan fingerprint density at radius 1 is 1.20 bits per heavy atom. The quantitative estimate of drug-likeness (QED) is 0.592. The number of sulfonamides is 1. The Balaban J connectivity index is 1.43. The van der Waals surface area contributed by atoms with Crippen LogP contribution in [0.1, 0.15) is 24.0 Å². The third-order valence-corrected chi connectivity index (χ3v) is 6.78. The molecule has 0 aliphatic carbocycles. The number of aryl methyl sites for hydroxylation is 1. The number of hydrogen-bond donors (Lipinski definition) is 1. The molecular formula is C20H20N4O5S.